The number of aliphatic carboxylic acids is 1. The first-order valence-corrected chi connectivity index (χ1v) is 13.5. The van der Waals surface area contributed by atoms with Gasteiger partial charge in [-0.15, -0.1) is 0 Å². The highest BCUT2D eigenvalue weighted by Crippen LogP contribution is 2.42. The number of hydrogen-bond acceptors (Lipinski definition) is 4. The third-order valence-corrected chi connectivity index (χ3v) is 7.99. The topological polar surface area (TPSA) is 92.5 Å². The second-order valence-electron chi connectivity index (χ2n) is 10.4. The summed E-state index contributed by atoms with van der Waals surface area (Å²) in [5.74, 6) is -5.76. The summed E-state index contributed by atoms with van der Waals surface area (Å²) in [7, 11) is 0. The van der Waals surface area contributed by atoms with E-state index in [1.54, 1.807) is 6.92 Å². The molecule has 0 saturated heterocycles. The second-order valence-corrected chi connectivity index (χ2v) is 11.2. The Kier molecular flexibility index (Phi) is 9.27. The molecule has 224 valence electrons. The normalized spacial score (nSPS) is 18.7. The molecular weight excluding hydrogens is 608 g/mol. The summed E-state index contributed by atoms with van der Waals surface area (Å²) >= 11 is 12.0. The van der Waals surface area contributed by atoms with E-state index in [0.29, 0.717) is 6.07 Å². The predicted molar refractivity (Wildman–Crippen MR) is 142 cm³/mol. The molecule has 2 aromatic carbocycles. The summed E-state index contributed by atoms with van der Waals surface area (Å²) in [5.41, 5.74) is -2.75. The number of carbonyl (C=O) groups is 3. The van der Waals surface area contributed by atoms with Gasteiger partial charge >= 0.3 is 5.97 Å². The Morgan fingerprint density at radius 2 is 1.57 bits per heavy atom. The number of carboxylic acid groups (broad SMARTS) is 1. The molecule has 0 unspecified atom stereocenters. The number of carboxylic acids is 1. The van der Waals surface area contributed by atoms with E-state index in [4.69, 9.17) is 23.2 Å². The van der Waals surface area contributed by atoms with Gasteiger partial charge in [0.2, 0.25) is 0 Å². The lowest BCUT2D eigenvalue weighted by Gasteiger charge is -2.34. The van der Waals surface area contributed by atoms with Crippen LogP contribution < -0.4 is 0 Å². The van der Waals surface area contributed by atoms with Crippen molar-refractivity contribution in [3.8, 4) is 0 Å². The smallest absolute Gasteiger partial charge is 0.309 e. The number of benzene rings is 2. The van der Waals surface area contributed by atoms with E-state index in [2.05, 4.69) is 5.10 Å². The maximum absolute atomic E-state index is 14.4. The monoisotopic (exact) mass is 631 g/mol. The van der Waals surface area contributed by atoms with Crippen LogP contribution in [0.3, 0.4) is 0 Å². The fourth-order valence-corrected chi connectivity index (χ4v) is 5.77. The first-order chi connectivity index (χ1) is 19.7. The molecule has 1 amide bonds. The molecule has 42 heavy (non-hydrogen) atoms. The van der Waals surface area contributed by atoms with E-state index < -0.39 is 77.3 Å². The van der Waals surface area contributed by atoms with Gasteiger partial charge in [0.25, 0.3) is 12.3 Å². The van der Waals surface area contributed by atoms with Gasteiger partial charge in [0.1, 0.15) is 23.1 Å². The van der Waals surface area contributed by atoms with E-state index in [9.17, 15) is 41.4 Å². The highest BCUT2D eigenvalue weighted by molar-refractivity contribution is 6.40. The van der Waals surface area contributed by atoms with Crippen LogP contribution in [0.15, 0.2) is 36.5 Å². The lowest BCUT2D eigenvalue weighted by atomic mass is 9.74. The van der Waals surface area contributed by atoms with E-state index >= 15 is 0 Å². The van der Waals surface area contributed by atoms with E-state index in [-0.39, 0.29) is 46.9 Å². The molecule has 0 bridgehead atoms. The molecule has 1 heterocycles. The Bertz CT molecular complexity index is 1500. The molecule has 1 N–H and O–H groups in total. The van der Waals surface area contributed by atoms with Crippen LogP contribution in [0, 0.1) is 22.9 Å². The number of nitrogens with zero attached hydrogens (tertiary/aromatic N) is 3. The summed E-state index contributed by atoms with van der Waals surface area (Å²) < 4.78 is 71.4. The molecule has 1 saturated carbocycles. The summed E-state index contributed by atoms with van der Waals surface area (Å²) in [6.45, 7) is 0.168. The quantitative estimate of drug-likeness (QED) is 0.198. The molecule has 1 fully saturated rings. The van der Waals surface area contributed by atoms with Crippen molar-refractivity contribution < 1.29 is 41.4 Å². The third-order valence-electron chi connectivity index (χ3n) is 7.40. The molecule has 1 aliphatic rings. The number of ketones is 1. The van der Waals surface area contributed by atoms with Gasteiger partial charge in [0.15, 0.2) is 5.78 Å². The Balaban J connectivity index is 1.70. The highest BCUT2D eigenvalue weighted by Gasteiger charge is 2.40. The van der Waals surface area contributed by atoms with Crippen molar-refractivity contribution in [2.75, 3.05) is 6.54 Å². The Hall–Kier alpha value is -3.51. The number of hydrogen-bond donors (Lipinski definition) is 1. The number of halogens is 7. The number of carbonyl (C=O) groups excluding carboxylic acids is 2. The fourth-order valence-electron chi connectivity index (χ4n) is 5.10. The number of alkyl halides is 2. The summed E-state index contributed by atoms with van der Waals surface area (Å²) in [6.07, 6.45) is -1.46. The molecule has 7 nitrogen and oxygen atoms in total. The van der Waals surface area contributed by atoms with Crippen LogP contribution in [0.25, 0.3) is 0 Å². The summed E-state index contributed by atoms with van der Waals surface area (Å²) in [5, 5.41) is 12.8. The molecule has 1 aromatic heterocycles. The van der Waals surface area contributed by atoms with Crippen LogP contribution in [-0.4, -0.2) is 44.0 Å². The minimum absolute atomic E-state index is 0.0869. The van der Waals surface area contributed by atoms with Crippen LogP contribution in [0.2, 0.25) is 10.0 Å². The maximum atomic E-state index is 14.4. The minimum Gasteiger partial charge on any atom is -0.481 e. The summed E-state index contributed by atoms with van der Waals surface area (Å²) in [4.78, 5) is 39.3. The van der Waals surface area contributed by atoms with Gasteiger partial charge in [-0.05, 0) is 62.4 Å². The average Bonchev–Trinajstić information content (AvgIpc) is 3.32. The zero-order valence-corrected chi connectivity index (χ0v) is 23.5. The Morgan fingerprint density at radius 1 is 1.02 bits per heavy atom. The van der Waals surface area contributed by atoms with Crippen molar-refractivity contribution in [2.45, 2.75) is 51.6 Å². The van der Waals surface area contributed by atoms with Crippen molar-refractivity contribution in [2.24, 2.45) is 5.41 Å². The number of aromatic nitrogens is 2. The van der Waals surface area contributed by atoms with E-state index in [1.165, 1.54) is 0 Å². The molecule has 0 aliphatic heterocycles. The van der Waals surface area contributed by atoms with Gasteiger partial charge in [-0.1, -0.05) is 23.2 Å². The van der Waals surface area contributed by atoms with Crippen molar-refractivity contribution in [1.82, 2.24) is 14.7 Å². The Labute approximate surface area is 246 Å². The lowest BCUT2D eigenvalue weighted by molar-refractivity contribution is -0.150. The zero-order valence-electron chi connectivity index (χ0n) is 22.0. The molecule has 0 radical (unpaired) electrons. The number of Topliss-reactive ketones (excluding diaryl/α,β-unsaturated/α-hetero) is 1. The third kappa shape index (κ3) is 6.59. The number of amides is 1. The molecule has 0 spiro atoms. The van der Waals surface area contributed by atoms with Crippen LogP contribution in [0.5, 0.6) is 0 Å². The van der Waals surface area contributed by atoms with Crippen LogP contribution in [0.4, 0.5) is 22.0 Å². The van der Waals surface area contributed by atoms with Crippen LogP contribution in [0.1, 0.15) is 77.0 Å². The Morgan fingerprint density at radius 3 is 2.10 bits per heavy atom. The van der Waals surface area contributed by atoms with Gasteiger partial charge in [0, 0.05) is 12.6 Å². The standard InChI is InChI=1S/C28H24Cl2F5N3O4/c1-28(27(41)42)4-2-18(3-5-28)38-24(25(34)35)19(11-36-38)26(40)37(12-14-6-15(31)8-16(32)7-14)13-22(39)23-20(29)9-17(33)10-21(23)30/h6-11,18,25H,2-5,12-13H2,1H3,(H,41,42). The molecule has 0 atom stereocenters. The fraction of sp³-hybridized carbons (Fsp3) is 0.357. The SMILES string of the molecule is CC1(C(=O)O)CCC(n2ncc(C(=O)N(CC(=O)c3c(Cl)cc(F)cc3Cl)Cc3cc(F)cc(F)c3)c2C(F)F)CC1. The first-order valence-electron chi connectivity index (χ1n) is 12.7. The van der Waals surface area contributed by atoms with Gasteiger partial charge in [-0.25, -0.2) is 22.0 Å². The molecule has 3 aromatic rings. The second kappa shape index (κ2) is 12.4. The minimum atomic E-state index is -3.19. The zero-order chi connectivity index (χ0) is 30.9. The van der Waals surface area contributed by atoms with Crippen LogP contribution in [-0.2, 0) is 11.3 Å². The highest BCUT2D eigenvalue weighted by atomic mass is 35.5. The van der Waals surface area contributed by atoms with E-state index in [1.807, 2.05) is 0 Å². The number of rotatable bonds is 9. The van der Waals surface area contributed by atoms with Crippen molar-refractivity contribution in [1.29, 1.82) is 0 Å². The molecular formula is C28H24Cl2F5N3O4. The predicted octanol–water partition coefficient (Wildman–Crippen LogP) is 7.28. The van der Waals surface area contributed by atoms with E-state index in [0.717, 1.165) is 40.0 Å². The molecule has 4 rings (SSSR count). The first kappa shape index (κ1) is 31.4. The average molecular weight is 632 g/mol. The van der Waals surface area contributed by atoms with Crippen molar-refractivity contribution >= 4 is 40.9 Å². The molecule has 1 aliphatic carbocycles. The maximum Gasteiger partial charge on any atom is 0.309 e. The van der Waals surface area contributed by atoms with Crippen molar-refractivity contribution in [3.05, 3.63) is 86.4 Å². The van der Waals surface area contributed by atoms with Gasteiger partial charge < -0.3 is 10.0 Å². The van der Waals surface area contributed by atoms with Gasteiger partial charge in [-0.3, -0.25) is 19.1 Å². The lowest BCUT2D eigenvalue weighted by Crippen LogP contribution is -2.36. The van der Waals surface area contributed by atoms with Gasteiger partial charge in [-0.2, -0.15) is 5.10 Å². The molecule has 14 heteroatoms. The summed E-state index contributed by atoms with van der Waals surface area (Å²) in [6, 6.07) is 3.44. The van der Waals surface area contributed by atoms with Gasteiger partial charge in [0.05, 0.1) is 45.4 Å². The van der Waals surface area contributed by atoms with Crippen molar-refractivity contribution in [3.63, 3.8) is 0 Å². The van der Waals surface area contributed by atoms with Crippen LogP contribution >= 0.6 is 23.2 Å². The largest absolute Gasteiger partial charge is 0.481 e.